The molecule has 1 N–H and O–H groups in total. The summed E-state index contributed by atoms with van der Waals surface area (Å²) in [6.45, 7) is 1.02. The third kappa shape index (κ3) is 3.25. The van der Waals surface area contributed by atoms with Crippen molar-refractivity contribution in [3.8, 4) is 0 Å². The Balaban J connectivity index is 0.00000200. The molecule has 0 radical (unpaired) electrons. The maximum Gasteiger partial charge on any atom is 0.416 e. The second-order valence-electron chi connectivity index (χ2n) is 4.36. The van der Waals surface area contributed by atoms with Crippen molar-refractivity contribution in [2.45, 2.75) is 17.1 Å². The van der Waals surface area contributed by atoms with Gasteiger partial charge in [0.25, 0.3) is 0 Å². The molecule has 1 aromatic rings. The summed E-state index contributed by atoms with van der Waals surface area (Å²) in [6.07, 6.45) is -4.55. The molecule has 4 nitrogen and oxygen atoms in total. The molecule has 1 aliphatic heterocycles. The second-order valence-corrected chi connectivity index (χ2v) is 6.36. The van der Waals surface area contributed by atoms with Crippen LogP contribution >= 0.6 is 12.4 Å². The number of hydrogen-bond acceptors (Lipinski definition) is 3. The Bertz CT molecular complexity index is 573. The topological polar surface area (TPSA) is 49.4 Å². The van der Waals surface area contributed by atoms with Gasteiger partial charge >= 0.3 is 6.18 Å². The average Bonchev–Trinajstić information content (AvgIpc) is 2.25. The van der Waals surface area contributed by atoms with Crippen LogP contribution in [0.3, 0.4) is 0 Å². The molecule has 2 rings (SSSR count). The molecule has 1 aromatic carbocycles. The number of nitrogens with zero attached hydrogens (tertiary/aromatic N) is 1. The van der Waals surface area contributed by atoms with Gasteiger partial charge in [0.1, 0.15) is 0 Å². The zero-order chi connectivity index (χ0) is 14.3. The molecule has 0 amide bonds. The first-order chi connectivity index (χ1) is 8.73. The minimum atomic E-state index is -4.55. The minimum Gasteiger partial charge on any atom is -0.313 e. The molecule has 1 aliphatic rings. The van der Waals surface area contributed by atoms with E-state index in [4.69, 9.17) is 0 Å². The van der Waals surface area contributed by atoms with Crippen LogP contribution in [0.2, 0.25) is 0 Å². The Morgan fingerprint density at radius 2 is 1.90 bits per heavy atom. The van der Waals surface area contributed by atoms with Crippen molar-refractivity contribution < 1.29 is 21.6 Å². The predicted octanol–water partition coefficient (Wildman–Crippen LogP) is 1.72. The number of sulfonamides is 1. The number of likely N-dealkylation sites (N-methyl/N-ethyl adjacent to an activating group) is 1. The number of rotatable bonds is 3. The van der Waals surface area contributed by atoms with E-state index in [-0.39, 0.29) is 23.3 Å². The summed E-state index contributed by atoms with van der Waals surface area (Å²) in [4.78, 5) is -0.336. The molecule has 1 saturated heterocycles. The van der Waals surface area contributed by atoms with Crippen LogP contribution in [0.4, 0.5) is 13.2 Å². The number of halogens is 4. The highest BCUT2D eigenvalue weighted by atomic mass is 35.5. The van der Waals surface area contributed by atoms with E-state index in [0.717, 1.165) is 16.4 Å². The normalized spacial score (nSPS) is 16.6. The fraction of sp³-hybridized carbons (Fsp3) is 0.455. The van der Waals surface area contributed by atoms with Crippen molar-refractivity contribution in [2.24, 2.45) is 0 Å². The van der Waals surface area contributed by atoms with Gasteiger partial charge < -0.3 is 5.32 Å². The van der Waals surface area contributed by atoms with Crippen molar-refractivity contribution >= 4 is 22.4 Å². The van der Waals surface area contributed by atoms with Gasteiger partial charge in [-0.15, -0.1) is 12.4 Å². The lowest BCUT2D eigenvalue weighted by atomic mass is 10.2. The van der Waals surface area contributed by atoms with Crippen molar-refractivity contribution in [2.75, 3.05) is 20.1 Å². The molecule has 0 aromatic heterocycles. The summed E-state index contributed by atoms with van der Waals surface area (Å²) >= 11 is 0. The highest BCUT2D eigenvalue weighted by molar-refractivity contribution is 7.89. The fourth-order valence-corrected chi connectivity index (χ4v) is 3.13. The molecular weight excluding hydrogens is 317 g/mol. The Morgan fingerprint density at radius 3 is 2.35 bits per heavy atom. The molecule has 0 saturated carbocycles. The molecule has 1 heterocycles. The van der Waals surface area contributed by atoms with Crippen LogP contribution in [0.1, 0.15) is 5.56 Å². The third-order valence-electron chi connectivity index (χ3n) is 3.11. The van der Waals surface area contributed by atoms with Gasteiger partial charge in [0, 0.05) is 26.2 Å². The Hall–Kier alpha value is -0.830. The van der Waals surface area contributed by atoms with Crippen LogP contribution in [0.15, 0.2) is 29.2 Å². The molecule has 20 heavy (non-hydrogen) atoms. The van der Waals surface area contributed by atoms with Crippen LogP contribution in [-0.4, -0.2) is 38.9 Å². The summed E-state index contributed by atoms with van der Waals surface area (Å²) in [7, 11) is -2.51. The van der Waals surface area contributed by atoms with Crippen LogP contribution in [0.25, 0.3) is 0 Å². The highest BCUT2D eigenvalue weighted by Crippen LogP contribution is 2.31. The third-order valence-corrected chi connectivity index (χ3v) is 5.02. The zero-order valence-electron chi connectivity index (χ0n) is 10.5. The number of hydrogen-bond donors (Lipinski definition) is 1. The predicted molar refractivity (Wildman–Crippen MR) is 70.3 cm³/mol. The number of nitrogens with one attached hydrogen (secondary N) is 1. The molecule has 0 bridgehead atoms. The van der Waals surface area contributed by atoms with E-state index in [1.165, 1.54) is 13.1 Å². The lowest BCUT2D eigenvalue weighted by Gasteiger charge is -2.34. The van der Waals surface area contributed by atoms with Gasteiger partial charge in [0.05, 0.1) is 10.5 Å². The standard InChI is InChI=1S/C11H13F3N2O2S.ClH/c1-16(9-6-15-7-9)19(17,18)10-4-2-3-8(5-10)11(12,13)14;/h2-5,9,15H,6-7H2,1H3;1H. The van der Waals surface area contributed by atoms with Gasteiger partial charge in [-0.05, 0) is 18.2 Å². The molecular formula is C11H14ClF3N2O2S. The van der Waals surface area contributed by atoms with Crippen molar-refractivity contribution in [3.05, 3.63) is 29.8 Å². The molecule has 114 valence electrons. The fourth-order valence-electron chi connectivity index (χ4n) is 1.73. The first-order valence-corrected chi connectivity index (χ1v) is 7.03. The zero-order valence-corrected chi connectivity index (χ0v) is 12.1. The largest absolute Gasteiger partial charge is 0.416 e. The van der Waals surface area contributed by atoms with Crippen LogP contribution in [-0.2, 0) is 16.2 Å². The second kappa shape index (κ2) is 5.88. The summed E-state index contributed by atoms with van der Waals surface area (Å²) in [5.41, 5.74) is -0.964. The monoisotopic (exact) mass is 330 g/mol. The summed E-state index contributed by atoms with van der Waals surface area (Å²) in [6, 6.07) is 3.58. The first-order valence-electron chi connectivity index (χ1n) is 5.59. The lowest BCUT2D eigenvalue weighted by Crippen LogP contribution is -2.57. The van der Waals surface area contributed by atoms with Crippen LogP contribution in [0, 0.1) is 0 Å². The Morgan fingerprint density at radius 1 is 1.30 bits per heavy atom. The molecule has 0 aliphatic carbocycles. The maximum absolute atomic E-state index is 12.6. The average molecular weight is 331 g/mol. The Labute approximate surface area is 121 Å². The SMILES string of the molecule is CN(C1CNC1)S(=O)(=O)c1cccc(C(F)(F)F)c1.Cl. The van der Waals surface area contributed by atoms with E-state index in [9.17, 15) is 21.6 Å². The summed E-state index contributed by atoms with van der Waals surface area (Å²) in [5, 5.41) is 2.92. The van der Waals surface area contributed by atoms with Gasteiger partial charge in [-0.1, -0.05) is 6.07 Å². The van der Waals surface area contributed by atoms with Gasteiger partial charge in [0.2, 0.25) is 10.0 Å². The van der Waals surface area contributed by atoms with Gasteiger partial charge in [-0.2, -0.15) is 17.5 Å². The van der Waals surface area contributed by atoms with E-state index in [2.05, 4.69) is 5.32 Å². The highest BCUT2D eigenvalue weighted by Gasteiger charge is 2.35. The molecule has 9 heteroatoms. The number of benzene rings is 1. The van der Waals surface area contributed by atoms with Gasteiger partial charge in [0.15, 0.2) is 0 Å². The first kappa shape index (κ1) is 17.2. The molecule has 0 spiro atoms. The lowest BCUT2D eigenvalue weighted by molar-refractivity contribution is -0.137. The molecule has 0 atom stereocenters. The number of alkyl halides is 3. The van der Waals surface area contributed by atoms with E-state index < -0.39 is 21.8 Å². The van der Waals surface area contributed by atoms with Crippen LogP contribution in [0.5, 0.6) is 0 Å². The van der Waals surface area contributed by atoms with Crippen molar-refractivity contribution in [1.82, 2.24) is 9.62 Å². The quantitative estimate of drug-likeness (QED) is 0.918. The summed E-state index contributed by atoms with van der Waals surface area (Å²) in [5.74, 6) is 0. The van der Waals surface area contributed by atoms with E-state index in [1.807, 2.05) is 0 Å². The maximum atomic E-state index is 12.6. The smallest absolute Gasteiger partial charge is 0.313 e. The van der Waals surface area contributed by atoms with Gasteiger partial charge in [-0.3, -0.25) is 0 Å². The molecule has 0 unspecified atom stereocenters. The summed E-state index contributed by atoms with van der Waals surface area (Å²) < 4.78 is 63.2. The minimum absolute atomic E-state index is 0. The molecule has 1 fully saturated rings. The van der Waals surface area contributed by atoms with E-state index >= 15 is 0 Å². The van der Waals surface area contributed by atoms with Crippen molar-refractivity contribution in [1.29, 1.82) is 0 Å². The van der Waals surface area contributed by atoms with Crippen LogP contribution < -0.4 is 5.32 Å². The van der Waals surface area contributed by atoms with Crippen molar-refractivity contribution in [3.63, 3.8) is 0 Å². The Kier molecular flexibility index (Phi) is 5.07. The van der Waals surface area contributed by atoms with E-state index in [1.54, 1.807) is 0 Å². The van der Waals surface area contributed by atoms with E-state index in [0.29, 0.717) is 19.2 Å². The van der Waals surface area contributed by atoms with Gasteiger partial charge in [-0.25, -0.2) is 8.42 Å².